The van der Waals surface area contributed by atoms with Crippen LogP contribution in [0.15, 0.2) is 122 Å². The minimum absolute atomic E-state index is 0.00869. The number of nitrogens with zero attached hydrogens (tertiary/aromatic N) is 3. The van der Waals surface area contributed by atoms with Gasteiger partial charge in [0.25, 0.3) is 17.7 Å². The van der Waals surface area contributed by atoms with Crippen molar-refractivity contribution >= 4 is 41.1 Å². The number of carbonyl (C=O) groups is 4. The minimum Gasteiger partial charge on any atom is -0.406 e. The van der Waals surface area contributed by atoms with Crippen LogP contribution in [0, 0.1) is 0 Å². The molecule has 52 heavy (non-hydrogen) atoms. The average molecular weight is 709 g/mol. The maximum Gasteiger partial charge on any atom is 0.573 e. The highest BCUT2D eigenvalue weighted by atomic mass is 19.4. The smallest absolute Gasteiger partial charge is 0.406 e. The molecule has 2 atom stereocenters. The molecule has 14 heteroatoms. The van der Waals surface area contributed by atoms with Crippen LogP contribution in [0.1, 0.15) is 57.5 Å². The molecule has 0 aliphatic carbocycles. The molecule has 1 aliphatic heterocycles. The summed E-state index contributed by atoms with van der Waals surface area (Å²) >= 11 is 0. The molecule has 5 aromatic rings. The Kier molecular flexibility index (Phi) is 9.73. The van der Waals surface area contributed by atoms with Gasteiger partial charge in [-0.3, -0.25) is 14.4 Å². The number of nitrogens with one attached hydrogen (secondary N) is 3. The second-order valence-electron chi connectivity index (χ2n) is 12.0. The highest BCUT2D eigenvalue weighted by Crippen LogP contribution is 2.45. The molecule has 1 fully saturated rings. The van der Waals surface area contributed by atoms with Gasteiger partial charge in [0.15, 0.2) is 0 Å². The van der Waals surface area contributed by atoms with E-state index in [0.717, 1.165) is 17.0 Å². The predicted molar refractivity (Wildman–Crippen MR) is 186 cm³/mol. The molecule has 11 nitrogen and oxygen atoms in total. The van der Waals surface area contributed by atoms with Gasteiger partial charge in [0.1, 0.15) is 22.9 Å². The fourth-order valence-corrected chi connectivity index (χ4v) is 6.21. The number of anilines is 3. The van der Waals surface area contributed by atoms with Crippen LogP contribution in [0.4, 0.5) is 35.3 Å². The van der Waals surface area contributed by atoms with E-state index in [1.807, 2.05) is 0 Å². The molecule has 2 unspecified atom stereocenters. The lowest BCUT2D eigenvalue weighted by Crippen LogP contribution is -2.55. The summed E-state index contributed by atoms with van der Waals surface area (Å²) in [5.41, 5.74) is 0.168. The molecule has 1 saturated heterocycles. The van der Waals surface area contributed by atoms with E-state index in [1.54, 1.807) is 98.8 Å². The molecule has 0 bridgehead atoms. The highest BCUT2D eigenvalue weighted by molar-refractivity contribution is 6.24. The number of halogens is 3. The fraction of sp³-hybridized carbons (Fsp3) is 0.158. The second-order valence-corrected chi connectivity index (χ2v) is 12.0. The zero-order chi connectivity index (χ0) is 37.0. The van der Waals surface area contributed by atoms with Gasteiger partial charge in [-0.05, 0) is 83.9 Å². The van der Waals surface area contributed by atoms with E-state index in [2.05, 4.69) is 30.7 Å². The summed E-state index contributed by atoms with van der Waals surface area (Å²) in [6.07, 6.45) is -2.00. The van der Waals surface area contributed by atoms with Gasteiger partial charge in [-0.15, -0.1) is 13.2 Å². The van der Waals surface area contributed by atoms with Crippen LogP contribution >= 0.6 is 0 Å². The van der Waals surface area contributed by atoms with Crippen molar-refractivity contribution in [2.24, 2.45) is 0 Å². The van der Waals surface area contributed by atoms with Crippen LogP contribution in [-0.2, 0) is 4.79 Å². The van der Waals surface area contributed by atoms with Crippen molar-refractivity contribution in [3.63, 3.8) is 0 Å². The number of hydrogen-bond donors (Lipinski definition) is 3. The third kappa shape index (κ3) is 7.31. The first-order valence-corrected chi connectivity index (χ1v) is 16.0. The number of hydrogen-bond acceptors (Lipinski definition) is 7. The van der Waals surface area contributed by atoms with Gasteiger partial charge in [0, 0.05) is 35.4 Å². The van der Waals surface area contributed by atoms with Crippen molar-refractivity contribution in [1.82, 2.24) is 15.3 Å². The first kappa shape index (κ1) is 35.3. The van der Waals surface area contributed by atoms with Crippen molar-refractivity contribution in [1.29, 1.82) is 0 Å². The molecule has 0 spiro atoms. The largest absolute Gasteiger partial charge is 0.573 e. The zero-order valence-electron chi connectivity index (χ0n) is 27.7. The van der Waals surface area contributed by atoms with Gasteiger partial charge in [-0.25, -0.2) is 19.7 Å². The van der Waals surface area contributed by atoms with Crippen molar-refractivity contribution in [3.8, 4) is 5.75 Å². The number of aromatic nitrogens is 2. The summed E-state index contributed by atoms with van der Waals surface area (Å²) in [5, 5.41) is 8.42. The summed E-state index contributed by atoms with van der Waals surface area (Å²) in [5.74, 6) is -3.21. The number of ether oxygens (including phenoxy) is 1. The van der Waals surface area contributed by atoms with E-state index in [-0.39, 0.29) is 17.3 Å². The van der Waals surface area contributed by atoms with Crippen LogP contribution in [0.5, 0.6) is 5.75 Å². The Labute approximate surface area is 295 Å². The third-order valence-corrected chi connectivity index (χ3v) is 8.89. The number of rotatable bonds is 10. The summed E-state index contributed by atoms with van der Waals surface area (Å²) in [7, 11) is 0. The van der Waals surface area contributed by atoms with Crippen molar-refractivity contribution in [2.45, 2.75) is 37.6 Å². The highest BCUT2D eigenvalue weighted by Gasteiger charge is 2.58. The van der Waals surface area contributed by atoms with Crippen LogP contribution in [0.2, 0.25) is 0 Å². The summed E-state index contributed by atoms with van der Waals surface area (Å²) in [4.78, 5) is 63.8. The quantitative estimate of drug-likeness (QED) is 0.129. The molecule has 6 rings (SSSR count). The Bertz CT molecular complexity index is 2010. The average Bonchev–Trinajstić information content (AvgIpc) is 3.41. The van der Waals surface area contributed by atoms with Gasteiger partial charge in [-0.2, -0.15) is 0 Å². The monoisotopic (exact) mass is 708 g/mol. The van der Waals surface area contributed by atoms with E-state index in [9.17, 15) is 32.3 Å². The van der Waals surface area contributed by atoms with Gasteiger partial charge in [0.2, 0.25) is 0 Å². The molecular formula is C38H31F3N6O5. The lowest BCUT2D eigenvalue weighted by molar-refractivity contribution is -0.274. The zero-order valence-corrected chi connectivity index (χ0v) is 27.7. The van der Waals surface area contributed by atoms with E-state index in [1.165, 1.54) is 24.5 Å². The number of pyridine rings is 2. The van der Waals surface area contributed by atoms with Crippen LogP contribution < -0.4 is 25.6 Å². The van der Waals surface area contributed by atoms with Crippen molar-refractivity contribution in [3.05, 3.63) is 144 Å². The maximum absolute atomic E-state index is 14.7. The van der Waals surface area contributed by atoms with E-state index >= 15 is 0 Å². The van der Waals surface area contributed by atoms with Gasteiger partial charge >= 0.3 is 12.4 Å². The number of imide groups is 1. The van der Waals surface area contributed by atoms with E-state index in [0.29, 0.717) is 22.3 Å². The summed E-state index contributed by atoms with van der Waals surface area (Å²) in [6, 6.07) is 27.1. The number of benzene rings is 3. The minimum atomic E-state index is -4.93. The SMILES string of the molecule is CC(c1ccnc(NC(=O)c2ccccc2)c1)C1(C(C)c2ccnc(NC(=O)c3ccccc3)c2)NC(=O)N(c2ccc(OC(F)(F)F)cc2)C1=O. The van der Waals surface area contributed by atoms with Gasteiger partial charge < -0.3 is 20.7 Å². The molecule has 0 saturated carbocycles. The molecule has 5 amide bonds. The number of urea groups is 1. The Morgan fingerprint density at radius 1 is 0.731 bits per heavy atom. The number of alkyl halides is 3. The van der Waals surface area contributed by atoms with Gasteiger partial charge in [-0.1, -0.05) is 50.2 Å². The second kappa shape index (κ2) is 14.3. The molecule has 264 valence electrons. The molecular weight excluding hydrogens is 677 g/mol. The van der Waals surface area contributed by atoms with Crippen LogP contribution in [-0.4, -0.2) is 45.6 Å². The van der Waals surface area contributed by atoms with Gasteiger partial charge in [0.05, 0.1) is 5.69 Å². The van der Waals surface area contributed by atoms with Crippen molar-refractivity contribution in [2.75, 3.05) is 15.5 Å². The Balaban J connectivity index is 1.37. The van der Waals surface area contributed by atoms with Crippen LogP contribution in [0.3, 0.4) is 0 Å². The summed E-state index contributed by atoms with van der Waals surface area (Å²) < 4.78 is 42.5. The molecule has 3 heterocycles. The van der Waals surface area contributed by atoms with E-state index < -0.39 is 53.2 Å². The summed E-state index contributed by atoms with van der Waals surface area (Å²) in [6.45, 7) is 3.46. The number of carbonyl (C=O) groups excluding carboxylic acids is 4. The third-order valence-electron chi connectivity index (χ3n) is 8.89. The number of amides is 5. The molecule has 3 N–H and O–H groups in total. The maximum atomic E-state index is 14.7. The Hall–Kier alpha value is -6.57. The van der Waals surface area contributed by atoms with Crippen LogP contribution in [0.25, 0.3) is 0 Å². The first-order valence-electron chi connectivity index (χ1n) is 16.0. The van der Waals surface area contributed by atoms with E-state index in [4.69, 9.17) is 0 Å². The lowest BCUT2D eigenvalue weighted by atomic mass is 9.70. The molecule has 0 radical (unpaired) electrons. The Morgan fingerprint density at radius 3 is 1.63 bits per heavy atom. The molecule has 2 aromatic heterocycles. The molecule has 3 aromatic carbocycles. The topological polar surface area (TPSA) is 143 Å². The fourth-order valence-electron chi connectivity index (χ4n) is 6.21. The predicted octanol–water partition coefficient (Wildman–Crippen LogP) is 7.28. The van der Waals surface area contributed by atoms with Crippen molar-refractivity contribution < 1.29 is 37.1 Å². The Morgan fingerprint density at radius 2 is 1.19 bits per heavy atom. The standard InChI is InChI=1S/C38H31F3N6O5/c1-23(27-17-19-42-31(21-27)44-33(48)25-9-5-3-6-10-25)37(24(2)28-18-20-43-32(22-28)45-34(49)26-11-7-4-8-12-26)35(50)47(36(51)46-37)29-13-15-30(16-14-29)52-38(39,40)41/h3-24H,1-2H3,(H,46,51)(H,42,44,48)(H,43,45,49). The normalized spacial score (nSPS) is 16.8. The lowest BCUT2D eigenvalue weighted by Gasteiger charge is -2.39. The first-order chi connectivity index (χ1) is 24.9. The molecule has 1 aliphatic rings.